The Labute approximate surface area is 127 Å². The molecule has 0 spiro atoms. The quantitative estimate of drug-likeness (QED) is 0.437. The van der Waals surface area contributed by atoms with Gasteiger partial charge in [0.05, 0.1) is 0 Å². The smallest absolute Gasteiger partial charge is 0.185 e. The summed E-state index contributed by atoms with van der Waals surface area (Å²) >= 11 is 2.12. The van der Waals surface area contributed by atoms with Crippen LogP contribution in [0, 0.1) is 26.8 Å². The first-order chi connectivity index (χ1) is 9.40. The van der Waals surface area contributed by atoms with Crippen LogP contribution in [0.3, 0.4) is 0 Å². The van der Waals surface area contributed by atoms with Crippen LogP contribution in [0.15, 0.2) is 30.3 Å². The molecule has 0 saturated heterocycles. The van der Waals surface area contributed by atoms with Gasteiger partial charge in [-0.1, -0.05) is 12.1 Å². The lowest BCUT2D eigenvalue weighted by Crippen LogP contribution is -2.11. The summed E-state index contributed by atoms with van der Waals surface area (Å²) in [5.41, 5.74) is -0.0533. The Bertz CT molecular complexity index is 602. The van der Waals surface area contributed by atoms with E-state index in [1.807, 2.05) is 12.1 Å². The molecule has 0 heterocycles. The molecule has 0 aliphatic heterocycles. The van der Waals surface area contributed by atoms with Gasteiger partial charge in [-0.3, -0.25) is 0 Å². The van der Waals surface area contributed by atoms with Crippen molar-refractivity contribution >= 4 is 28.3 Å². The number of hydrogen-bond donors (Lipinski definition) is 1. The van der Waals surface area contributed by atoms with Gasteiger partial charge in [0.15, 0.2) is 23.3 Å². The topological polar surface area (TPSA) is 12.0 Å². The van der Waals surface area contributed by atoms with Crippen molar-refractivity contribution in [3.63, 3.8) is 0 Å². The van der Waals surface area contributed by atoms with Crippen LogP contribution in [-0.2, 0) is 0 Å². The van der Waals surface area contributed by atoms with Crippen molar-refractivity contribution in [1.29, 1.82) is 0 Å². The fourth-order valence-corrected chi connectivity index (χ4v) is 2.11. The standard InChI is InChI=1S/C14H10F4IN/c1-7(8-2-4-9(19)5-3-8)20-14-12(17)10(15)6-11(16)13(14)18/h2-7,20H,1H3. The summed E-state index contributed by atoms with van der Waals surface area (Å²) in [5, 5.41) is 2.46. The van der Waals surface area contributed by atoms with Gasteiger partial charge in [-0.15, -0.1) is 0 Å². The molecule has 1 nitrogen and oxygen atoms in total. The van der Waals surface area contributed by atoms with Crippen LogP contribution in [0.4, 0.5) is 23.2 Å². The maximum atomic E-state index is 13.5. The van der Waals surface area contributed by atoms with Crippen LogP contribution in [0.25, 0.3) is 0 Å². The number of anilines is 1. The minimum atomic E-state index is -1.43. The minimum Gasteiger partial charge on any atom is -0.374 e. The second-order valence-electron chi connectivity index (χ2n) is 4.26. The minimum absolute atomic E-state index is 0.186. The van der Waals surface area contributed by atoms with Gasteiger partial charge in [0, 0.05) is 15.7 Å². The van der Waals surface area contributed by atoms with Crippen molar-refractivity contribution in [2.24, 2.45) is 0 Å². The predicted molar refractivity (Wildman–Crippen MR) is 77.5 cm³/mol. The summed E-state index contributed by atoms with van der Waals surface area (Å²) in [6.45, 7) is 1.64. The van der Waals surface area contributed by atoms with Gasteiger partial charge in [-0.05, 0) is 47.2 Å². The molecule has 0 radical (unpaired) electrons. The van der Waals surface area contributed by atoms with E-state index in [9.17, 15) is 17.6 Å². The molecular weight excluding hydrogens is 385 g/mol. The third-order valence-corrected chi connectivity index (χ3v) is 3.56. The molecule has 106 valence electrons. The van der Waals surface area contributed by atoms with E-state index >= 15 is 0 Å². The van der Waals surface area contributed by atoms with Crippen molar-refractivity contribution in [3.8, 4) is 0 Å². The zero-order valence-electron chi connectivity index (χ0n) is 10.4. The fraction of sp³-hybridized carbons (Fsp3) is 0.143. The summed E-state index contributed by atoms with van der Waals surface area (Å²) < 4.78 is 54.3. The highest BCUT2D eigenvalue weighted by Crippen LogP contribution is 2.28. The van der Waals surface area contributed by atoms with Crippen LogP contribution < -0.4 is 5.32 Å². The first-order valence-electron chi connectivity index (χ1n) is 5.75. The molecule has 6 heteroatoms. The average Bonchev–Trinajstić information content (AvgIpc) is 2.42. The molecule has 2 rings (SSSR count). The highest BCUT2D eigenvalue weighted by Gasteiger charge is 2.20. The number of nitrogens with one attached hydrogen (secondary N) is 1. The second-order valence-corrected chi connectivity index (χ2v) is 5.51. The normalized spacial score (nSPS) is 12.3. The molecule has 2 aromatic rings. The van der Waals surface area contributed by atoms with E-state index in [0.29, 0.717) is 0 Å². The molecular formula is C14H10F4IN. The molecule has 0 fully saturated rings. The molecule has 0 aliphatic rings. The first-order valence-corrected chi connectivity index (χ1v) is 6.83. The number of benzene rings is 2. The van der Waals surface area contributed by atoms with Crippen molar-refractivity contribution in [2.75, 3.05) is 5.32 Å². The Morgan fingerprint density at radius 2 is 1.45 bits per heavy atom. The molecule has 0 aromatic heterocycles. The van der Waals surface area contributed by atoms with Gasteiger partial charge in [0.1, 0.15) is 5.69 Å². The van der Waals surface area contributed by atoms with Gasteiger partial charge >= 0.3 is 0 Å². The van der Waals surface area contributed by atoms with Crippen LogP contribution >= 0.6 is 22.6 Å². The second kappa shape index (κ2) is 5.99. The fourth-order valence-electron chi connectivity index (χ4n) is 1.75. The molecule has 20 heavy (non-hydrogen) atoms. The lowest BCUT2D eigenvalue weighted by molar-refractivity contribution is 0.457. The van der Waals surface area contributed by atoms with Gasteiger partial charge in [-0.25, -0.2) is 17.6 Å². The van der Waals surface area contributed by atoms with Gasteiger partial charge < -0.3 is 5.32 Å². The highest BCUT2D eigenvalue weighted by atomic mass is 127. The van der Waals surface area contributed by atoms with E-state index in [0.717, 1.165) is 9.13 Å². The van der Waals surface area contributed by atoms with E-state index in [-0.39, 0.29) is 6.07 Å². The summed E-state index contributed by atoms with van der Waals surface area (Å²) in [7, 11) is 0. The Balaban J connectivity index is 2.32. The van der Waals surface area contributed by atoms with E-state index in [1.54, 1.807) is 19.1 Å². The molecule has 2 aromatic carbocycles. The van der Waals surface area contributed by atoms with Crippen molar-refractivity contribution < 1.29 is 17.6 Å². The number of halogens is 5. The monoisotopic (exact) mass is 395 g/mol. The molecule has 0 saturated carbocycles. The Morgan fingerprint density at radius 1 is 0.950 bits per heavy atom. The van der Waals surface area contributed by atoms with Crippen LogP contribution in [0.5, 0.6) is 0 Å². The van der Waals surface area contributed by atoms with Crippen molar-refractivity contribution in [1.82, 2.24) is 0 Å². The molecule has 1 atom stereocenters. The molecule has 0 aliphatic carbocycles. The first kappa shape index (κ1) is 15.1. The van der Waals surface area contributed by atoms with Crippen molar-refractivity contribution in [3.05, 3.63) is 62.7 Å². The van der Waals surface area contributed by atoms with Crippen LogP contribution in [-0.4, -0.2) is 0 Å². The highest BCUT2D eigenvalue weighted by molar-refractivity contribution is 14.1. The number of hydrogen-bond acceptors (Lipinski definition) is 1. The van der Waals surface area contributed by atoms with Gasteiger partial charge in [0.25, 0.3) is 0 Å². The number of rotatable bonds is 3. The van der Waals surface area contributed by atoms with Gasteiger partial charge in [-0.2, -0.15) is 0 Å². The van der Waals surface area contributed by atoms with Crippen molar-refractivity contribution in [2.45, 2.75) is 13.0 Å². The van der Waals surface area contributed by atoms with Crippen LogP contribution in [0.2, 0.25) is 0 Å². The van der Waals surface area contributed by atoms with Gasteiger partial charge in [0.2, 0.25) is 0 Å². The molecule has 1 unspecified atom stereocenters. The summed E-state index contributed by atoms with van der Waals surface area (Å²) in [6, 6.07) is 6.87. The maximum absolute atomic E-state index is 13.5. The predicted octanol–water partition coefficient (Wildman–Crippen LogP) is 5.02. The Hall–Kier alpha value is -1.31. The lowest BCUT2D eigenvalue weighted by Gasteiger charge is -2.17. The Morgan fingerprint density at radius 3 is 1.95 bits per heavy atom. The molecule has 0 amide bonds. The van der Waals surface area contributed by atoms with E-state index in [1.165, 1.54) is 0 Å². The third kappa shape index (κ3) is 3.05. The molecule has 1 N–H and O–H groups in total. The maximum Gasteiger partial charge on any atom is 0.185 e. The largest absolute Gasteiger partial charge is 0.374 e. The zero-order valence-corrected chi connectivity index (χ0v) is 12.5. The van der Waals surface area contributed by atoms with E-state index < -0.39 is 35.0 Å². The third-order valence-electron chi connectivity index (χ3n) is 2.84. The Kier molecular flexibility index (Phi) is 4.52. The summed E-state index contributed by atoms with van der Waals surface area (Å²) in [4.78, 5) is 0. The lowest BCUT2D eigenvalue weighted by atomic mass is 10.1. The summed E-state index contributed by atoms with van der Waals surface area (Å²) in [6.07, 6.45) is 0. The van der Waals surface area contributed by atoms with E-state index in [2.05, 4.69) is 27.9 Å². The summed E-state index contributed by atoms with van der Waals surface area (Å²) in [5.74, 6) is -5.72. The van der Waals surface area contributed by atoms with E-state index in [4.69, 9.17) is 0 Å². The zero-order chi connectivity index (χ0) is 14.9. The average molecular weight is 395 g/mol. The molecule has 0 bridgehead atoms. The van der Waals surface area contributed by atoms with Crippen LogP contribution in [0.1, 0.15) is 18.5 Å². The SMILES string of the molecule is CC(Nc1c(F)c(F)cc(F)c1F)c1ccc(I)cc1.